The summed E-state index contributed by atoms with van der Waals surface area (Å²) in [4.78, 5) is 27.2. The molecule has 2 aromatic rings. The molecule has 0 aliphatic carbocycles. The highest BCUT2D eigenvalue weighted by Gasteiger charge is 2.31. The fraction of sp³-hybridized carbons (Fsp3) is 0.385. The molecule has 2 aliphatic rings. The molecule has 34 heavy (non-hydrogen) atoms. The lowest BCUT2D eigenvalue weighted by atomic mass is 10.0. The molecule has 0 aromatic heterocycles. The summed E-state index contributed by atoms with van der Waals surface area (Å²) < 4.78 is 38.0. The average Bonchev–Trinajstić information content (AvgIpc) is 3.17. The quantitative estimate of drug-likeness (QED) is 0.477. The van der Waals surface area contributed by atoms with Crippen LogP contribution in [0.25, 0.3) is 0 Å². The number of benzene rings is 2. The molecule has 0 atom stereocenters. The number of rotatable bonds is 7. The van der Waals surface area contributed by atoms with Gasteiger partial charge in [0.15, 0.2) is 17.4 Å². The fourth-order valence-corrected chi connectivity index (χ4v) is 4.22. The topological polar surface area (TPSA) is 67.9 Å². The van der Waals surface area contributed by atoms with Crippen molar-refractivity contribution in [3.63, 3.8) is 0 Å². The summed E-state index contributed by atoms with van der Waals surface area (Å²) in [6.45, 7) is 6.64. The molecule has 1 amide bonds. The number of piperidine rings is 1. The first-order chi connectivity index (χ1) is 16.3. The number of nitrogens with zero attached hydrogens (tertiary/aromatic N) is 1. The van der Waals surface area contributed by atoms with Crippen molar-refractivity contribution in [2.24, 2.45) is 0 Å². The number of allylic oxidation sites excluding steroid dienone is 2. The summed E-state index contributed by atoms with van der Waals surface area (Å²) in [5.74, 6) is -1.09. The molecular weight excluding hydrogens is 442 g/mol. The molecule has 0 saturated carbocycles. The van der Waals surface area contributed by atoms with Crippen LogP contribution in [0, 0.1) is 11.6 Å². The lowest BCUT2D eigenvalue weighted by molar-refractivity contribution is 0.0908. The highest BCUT2D eigenvalue weighted by molar-refractivity contribution is 6.14. The molecule has 1 fully saturated rings. The number of Topliss-reactive ketones (excluding diaryl/α,β-unsaturated/α-hetero) is 1. The highest BCUT2D eigenvalue weighted by Crippen LogP contribution is 2.38. The molecule has 2 heterocycles. The number of hydrogen-bond acceptors (Lipinski definition) is 5. The van der Waals surface area contributed by atoms with Gasteiger partial charge in [-0.3, -0.25) is 9.59 Å². The van der Waals surface area contributed by atoms with Crippen LogP contribution in [0.15, 0.2) is 47.7 Å². The van der Waals surface area contributed by atoms with Crippen molar-refractivity contribution in [1.82, 2.24) is 10.2 Å². The second-order valence-electron chi connectivity index (χ2n) is 8.81. The Balaban J connectivity index is 1.20. The third-order valence-corrected chi connectivity index (χ3v) is 6.07. The Kier molecular flexibility index (Phi) is 7.26. The number of carbonyl (C=O) groups is 2. The first-order valence-electron chi connectivity index (χ1n) is 11.5. The normalized spacial score (nSPS) is 16.2. The SMILES string of the molecule is CC(C)=C1Oc2cccc(OCCCN3CCC(NC(=O)c4ccc(F)c(F)c4)CC3)c2C1=O. The van der Waals surface area contributed by atoms with Crippen LogP contribution in [0.5, 0.6) is 11.5 Å². The minimum absolute atomic E-state index is 0.00435. The van der Waals surface area contributed by atoms with Crippen molar-refractivity contribution in [1.29, 1.82) is 0 Å². The van der Waals surface area contributed by atoms with Crippen LogP contribution >= 0.6 is 0 Å². The molecule has 1 saturated heterocycles. The second-order valence-corrected chi connectivity index (χ2v) is 8.81. The van der Waals surface area contributed by atoms with E-state index < -0.39 is 17.5 Å². The minimum atomic E-state index is -1.03. The summed E-state index contributed by atoms with van der Waals surface area (Å²) >= 11 is 0. The van der Waals surface area contributed by atoms with Gasteiger partial charge in [-0.05, 0) is 69.0 Å². The Morgan fingerprint density at radius 1 is 1.15 bits per heavy atom. The summed E-state index contributed by atoms with van der Waals surface area (Å²) in [6.07, 6.45) is 2.35. The molecule has 2 aliphatic heterocycles. The number of carbonyl (C=O) groups excluding carboxylic acids is 2. The van der Waals surface area contributed by atoms with Gasteiger partial charge in [-0.1, -0.05) is 6.07 Å². The third-order valence-electron chi connectivity index (χ3n) is 6.07. The number of ketones is 1. The van der Waals surface area contributed by atoms with Gasteiger partial charge < -0.3 is 19.7 Å². The Bertz CT molecular complexity index is 1120. The first-order valence-corrected chi connectivity index (χ1v) is 11.5. The van der Waals surface area contributed by atoms with Crippen molar-refractivity contribution in [3.8, 4) is 11.5 Å². The van der Waals surface area contributed by atoms with Crippen molar-refractivity contribution in [2.45, 2.75) is 39.2 Å². The van der Waals surface area contributed by atoms with Gasteiger partial charge in [-0.2, -0.15) is 0 Å². The van der Waals surface area contributed by atoms with Crippen molar-refractivity contribution < 1.29 is 27.8 Å². The van der Waals surface area contributed by atoms with E-state index in [0.29, 0.717) is 29.4 Å². The molecule has 6 nitrogen and oxygen atoms in total. The van der Waals surface area contributed by atoms with E-state index in [0.717, 1.165) is 56.6 Å². The molecule has 1 N–H and O–H groups in total. The van der Waals surface area contributed by atoms with Gasteiger partial charge in [0.05, 0.1) is 6.61 Å². The molecule has 0 unspecified atom stereocenters. The maximum absolute atomic E-state index is 13.4. The van der Waals surface area contributed by atoms with E-state index in [1.54, 1.807) is 12.1 Å². The molecule has 4 rings (SSSR count). The van der Waals surface area contributed by atoms with Crippen LogP contribution in [0.1, 0.15) is 53.8 Å². The van der Waals surface area contributed by atoms with Gasteiger partial charge in [0.1, 0.15) is 17.1 Å². The molecular formula is C26H28F2N2O4. The Morgan fingerprint density at radius 3 is 2.62 bits per heavy atom. The molecule has 180 valence electrons. The maximum atomic E-state index is 13.4. The highest BCUT2D eigenvalue weighted by atomic mass is 19.2. The fourth-order valence-electron chi connectivity index (χ4n) is 4.22. The maximum Gasteiger partial charge on any atom is 0.251 e. The predicted octanol–water partition coefficient (Wildman–Crippen LogP) is 4.50. The second kappa shape index (κ2) is 10.3. The Labute approximate surface area is 197 Å². The number of nitrogens with one attached hydrogen (secondary N) is 1. The zero-order valence-corrected chi connectivity index (χ0v) is 19.3. The van der Waals surface area contributed by atoms with E-state index >= 15 is 0 Å². The third kappa shape index (κ3) is 5.28. The summed E-state index contributed by atoms with van der Waals surface area (Å²) in [5, 5.41) is 2.90. The smallest absolute Gasteiger partial charge is 0.251 e. The molecule has 0 radical (unpaired) electrons. The van der Waals surface area contributed by atoms with Crippen LogP contribution in [-0.2, 0) is 0 Å². The zero-order valence-electron chi connectivity index (χ0n) is 19.3. The first kappa shape index (κ1) is 23.9. The van der Waals surface area contributed by atoms with Gasteiger partial charge in [0.2, 0.25) is 5.78 Å². The van der Waals surface area contributed by atoms with E-state index in [9.17, 15) is 18.4 Å². The number of halogens is 2. The van der Waals surface area contributed by atoms with E-state index in [4.69, 9.17) is 9.47 Å². The van der Waals surface area contributed by atoms with Crippen molar-refractivity contribution >= 4 is 11.7 Å². The van der Waals surface area contributed by atoms with Crippen LogP contribution in [-0.4, -0.2) is 48.9 Å². The molecule has 8 heteroatoms. The molecule has 0 spiro atoms. The number of likely N-dealkylation sites (tertiary alicyclic amines) is 1. The van der Waals surface area contributed by atoms with Gasteiger partial charge in [0, 0.05) is 31.2 Å². The van der Waals surface area contributed by atoms with Gasteiger partial charge in [0.25, 0.3) is 5.91 Å². The van der Waals surface area contributed by atoms with Gasteiger partial charge in [-0.25, -0.2) is 8.78 Å². The summed E-state index contributed by atoms with van der Waals surface area (Å²) in [6, 6.07) is 8.53. The van der Waals surface area contributed by atoms with E-state index in [-0.39, 0.29) is 17.4 Å². The predicted molar refractivity (Wildman–Crippen MR) is 123 cm³/mol. The van der Waals surface area contributed by atoms with E-state index in [1.165, 1.54) is 6.07 Å². The number of amides is 1. The zero-order chi connectivity index (χ0) is 24.2. The summed E-state index contributed by atoms with van der Waals surface area (Å²) in [7, 11) is 0. The van der Waals surface area contributed by atoms with E-state index in [1.807, 2.05) is 19.9 Å². The van der Waals surface area contributed by atoms with Crippen molar-refractivity contribution in [2.75, 3.05) is 26.2 Å². The van der Waals surface area contributed by atoms with Crippen LogP contribution < -0.4 is 14.8 Å². The molecule has 2 aromatic carbocycles. The van der Waals surface area contributed by atoms with Crippen LogP contribution in [0.4, 0.5) is 8.78 Å². The Hall–Kier alpha value is -3.26. The minimum Gasteiger partial charge on any atom is -0.493 e. The van der Waals surface area contributed by atoms with E-state index in [2.05, 4.69) is 10.2 Å². The molecule has 0 bridgehead atoms. The monoisotopic (exact) mass is 470 g/mol. The number of hydrogen-bond donors (Lipinski definition) is 1. The standard InChI is InChI=1S/C26H28F2N2O4/c1-16(2)25-24(31)23-21(5-3-6-22(23)34-25)33-14-4-11-30-12-9-18(10-13-30)29-26(32)17-7-8-19(27)20(28)15-17/h3,5-8,15,18H,4,9-14H2,1-2H3,(H,29,32). The van der Waals surface area contributed by atoms with Crippen LogP contribution in [0.2, 0.25) is 0 Å². The van der Waals surface area contributed by atoms with Gasteiger partial charge >= 0.3 is 0 Å². The number of ether oxygens (including phenoxy) is 2. The van der Waals surface area contributed by atoms with Crippen LogP contribution in [0.3, 0.4) is 0 Å². The largest absolute Gasteiger partial charge is 0.493 e. The average molecular weight is 471 g/mol. The number of fused-ring (bicyclic) bond motifs is 1. The van der Waals surface area contributed by atoms with Gasteiger partial charge in [-0.15, -0.1) is 0 Å². The lowest BCUT2D eigenvalue weighted by Gasteiger charge is -2.32. The van der Waals surface area contributed by atoms with Crippen molar-refractivity contribution in [3.05, 3.63) is 70.5 Å². The Morgan fingerprint density at radius 2 is 1.91 bits per heavy atom. The lowest BCUT2D eigenvalue weighted by Crippen LogP contribution is -2.45. The summed E-state index contributed by atoms with van der Waals surface area (Å²) in [5.41, 5.74) is 1.43.